The lowest BCUT2D eigenvalue weighted by molar-refractivity contribution is 0.188. The molecule has 2 aliphatic rings. The van der Waals surface area contributed by atoms with E-state index in [2.05, 4.69) is 22.1 Å². The van der Waals surface area contributed by atoms with Crippen LogP contribution in [0.2, 0.25) is 0 Å². The van der Waals surface area contributed by atoms with Gasteiger partial charge in [-0.1, -0.05) is 6.07 Å². The fourth-order valence-corrected chi connectivity index (χ4v) is 3.99. The van der Waals surface area contributed by atoms with Gasteiger partial charge in [0.1, 0.15) is 5.75 Å². The van der Waals surface area contributed by atoms with E-state index in [0.717, 1.165) is 37.6 Å². The van der Waals surface area contributed by atoms with Crippen molar-refractivity contribution in [2.24, 2.45) is 0 Å². The van der Waals surface area contributed by atoms with Gasteiger partial charge >= 0.3 is 0 Å². The van der Waals surface area contributed by atoms with E-state index in [1.54, 1.807) is 6.92 Å². The van der Waals surface area contributed by atoms with Crippen molar-refractivity contribution in [3.05, 3.63) is 46.3 Å². The van der Waals surface area contributed by atoms with Gasteiger partial charge in [0.25, 0.3) is 0 Å². The van der Waals surface area contributed by atoms with E-state index in [0.29, 0.717) is 6.61 Å². The zero-order valence-corrected chi connectivity index (χ0v) is 15.2. The van der Waals surface area contributed by atoms with Gasteiger partial charge in [-0.05, 0) is 56.4 Å². The highest BCUT2D eigenvalue weighted by atomic mass is 16.5. The predicted octanol–water partition coefficient (Wildman–Crippen LogP) is 2.84. The van der Waals surface area contributed by atoms with Crippen molar-refractivity contribution >= 4 is 0 Å². The van der Waals surface area contributed by atoms with Crippen molar-refractivity contribution in [3.8, 4) is 5.75 Å². The van der Waals surface area contributed by atoms with Crippen LogP contribution in [0.3, 0.4) is 0 Å². The molecule has 25 heavy (non-hydrogen) atoms. The fraction of sp³-hybridized carbons (Fsp3) is 0.550. The van der Waals surface area contributed by atoms with Crippen molar-refractivity contribution in [1.29, 1.82) is 0 Å². The largest absolute Gasteiger partial charge is 0.494 e. The van der Waals surface area contributed by atoms with Crippen molar-refractivity contribution in [2.45, 2.75) is 58.8 Å². The number of nitrogens with zero attached hydrogens (tertiary/aromatic N) is 3. The number of aryl methyl sites for hydroxylation is 2. The van der Waals surface area contributed by atoms with Gasteiger partial charge in [0.2, 0.25) is 0 Å². The lowest BCUT2D eigenvalue weighted by Crippen LogP contribution is -2.33. The third kappa shape index (κ3) is 3.31. The SMILES string of the molecule is CCOc1cc2c(cc1CN1CCn3nc([C@@H](C)O)cc3C1)CCC2. The molecule has 1 aliphatic carbocycles. The topological polar surface area (TPSA) is 50.5 Å². The Labute approximate surface area is 149 Å². The average molecular weight is 341 g/mol. The summed E-state index contributed by atoms with van der Waals surface area (Å²) < 4.78 is 7.96. The summed E-state index contributed by atoms with van der Waals surface area (Å²) in [6, 6.07) is 6.66. The first-order chi connectivity index (χ1) is 12.1. The molecule has 0 spiro atoms. The minimum absolute atomic E-state index is 0.507. The Morgan fingerprint density at radius 1 is 1.20 bits per heavy atom. The Balaban J connectivity index is 1.54. The van der Waals surface area contributed by atoms with E-state index in [9.17, 15) is 5.11 Å². The molecule has 5 heteroatoms. The molecule has 0 amide bonds. The first kappa shape index (κ1) is 16.6. The van der Waals surface area contributed by atoms with Crippen LogP contribution in [0.25, 0.3) is 0 Å². The van der Waals surface area contributed by atoms with E-state index < -0.39 is 6.10 Å². The molecule has 0 saturated carbocycles. The van der Waals surface area contributed by atoms with Crippen LogP contribution >= 0.6 is 0 Å². The van der Waals surface area contributed by atoms with Gasteiger partial charge < -0.3 is 9.84 Å². The molecule has 1 aromatic carbocycles. The van der Waals surface area contributed by atoms with Crippen molar-refractivity contribution < 1.29 is 9.84 Å². The number of rotatable bonds is 5. The summed E-state index contributed by atoms with van der Waals surface area (Å²) in [6.07, 6.45) is 3.13. The number of hydrogen-bond donors (Lipinski definition) is 1. The molecule has 1 N–H and O–H groups in total. The summed E-state index contributed by atoms with van der Waals surface area (Å²) in [7, 11) is 0. The summed E-state index contributed by atoms with van der Waals surface area (Å²) in [5.74, 6) is 1.05. The Hall–Kier alpha value is -1.85. The van der Waals surface area contributed by atoms with Crippen LogP contribution in [0.5, 0.6) is 5.75 Å². The van der Waals surface area contributed by atoms with Gasteiger partial charge in [-0.15, -0.1) is 0 Å². The van der Waals surface area contributed by atoms with E-state index in [1.165, 1.54) is 41.6 Å². The smallest absolute Gasteiger partial charge is 0.124 e. The number of hydrogen-bond acceptors (Lipinski definition) is 4. The highest BCUT2D eigenvalue weighted by Gasteiger charge is 2.22. The summed E-state index contributed by atoms with van der Waals surface area (Å²) in [5, 5.41) is 14.3. The van der Waals surface area contributed by atoms with Crippen molar-refractivity contribution in [3.63, 3.8) is 0 Å². The zero-order chi connectivity index (χ0) is 17.4. The molecule has 0 saturated heterocycles. The molecular formula is C20H27N3O2. The number of aromatic nitrogens is 2. The number of ether oxygens (including phenoxy) is 1. The van der Waals surface area contributed by atoms with E-state index >= 15 is 0 Å². The van der Waals surface area contributed by atoms with Crippen LogP contribution < -0.4 is 4.74 Å². The van der Waals surface area contributed by atoms with Gasteiger partial charge in [0, 0.05) is 25.2 Å². The Kier molecular flexibility index (Phi) is 4.52. The summed E-state index contributed by atoms with van der Waals surface area (Å²) in [5.41, 5.74) is 6.21. The van der Waals surface area contributed by atoms with Gasteiger partial charge in [-0.25, -0.2) is 0 Å². The standard InChI is InChI=1S/C20H27N3O2/c1-3-25-20-10-16-6-4-5-15(16)9-17(20)12-22-7-8-23-18(13-22)11-19(21-23)14(2)24/h9-11,14,24H,3-8,12-13H2,1-2H3/t14-/m1/s1. The van der Waals surface area contributed by atoms with Gasteiger partial charge in [-0.3, -0.25) is 9.58 Å². The van der Waals surface area contributed by atoms with E-state index in [1.807, 2.05) is 17.7 Å². The summed E-state index contributed by atoms with van der Waals surface area (Å²) in [6.45, 7) is 8.13. The highest BCUT2D eigenvalue weighted by Crippen LogP contribution is 2.31. The van der Waals surface area contributed by atoms with Crippen molar-refractivity contribution in [1.82, 2.24) is 14.7 Å². The van der Waals surface area contributed by atoms with Crippen molar-refractivity contribution in [2.75, 3.05) is 13.2 Å². The molecule has 0 radical (unpaired) electrons. The fourth-order valence-electron chi connectivity index (χ4n) is 3.99. The maximum absolute atomic E-state index is 9.75. The highest BCUT2D eigenvalue weighted by molar-refractivity contribution is 5.45. The molecule has 1 aliphatic heterocycles. The molecule has 0 fully saturated rings. The molecular weight excluding hydrogens is 314 g/mol. The molecule has 0 unspecified atom stereocenters. The lowest BCUT2D eigenvalue weighted by Gasteiger charge is -2.28. The second-order valence-corrected chi connectivity index (χ2v) is 7.19. The van der Waals surface area contributed by atoms with E-state index in [-0.39, 0.29) is 0 Å². The number of aliphatic hydroxyl groups excluding tert-OH is 1. The maximum atomic E-state index is 9.75. The summed E-state index contributed by atoms with van der Waals surface area (Å²) in [4.78, 5) is 2.45. The molecule has 2 heterocycles. The number of fused-ring (bicyclic) bond motifs is 2. The van der Waals surface area contributed by atoms with Gasteiger partial charge in [0.15, 0.2) is 0 Å². The van der Waals surface area contributed by atoms with Crippen LogP contribution in [0.4, 0.5) is 0 Å². The number of benzene rings is 1. The monoisotopic (exact) mass is 341 g/mol. The maximum Gasteiger partial charge on any atom is 0.124 e. The quantitative estimate of drug-likeness (QED) is 0.909. The van der Waals surface area contributed by atoms with Gasteiger partial charge in [-0.2, -0.15) is 5.10 Å². The number of aliphatic hydroxyl groups is 1. The molecule has 134 valence electrons. The van der Waals surface area contributed by atoms with Crippen LogP contribution in [0, 0.1) is 0 Å². The van der Waals surface area contributed by atoms with Crippen LogP contribution in [-0.4, -0.2) is 32.9 Å². The second-order valence-electron chi connectivity index (χ2n) is 7.19. The molecule has 4 rings (SSSR count). The predicted molar refractivity (Wildman–Crippen MR) is 96.6 cm³/mol. The molecule has 2 aromatic rings. The van der Waals surface area contributed by atoms with E-state index in [4.69, 9.17) is 4.74 Å². The van der Waals surface area contributed by atoms with Crippen LogP contribution in [0.1, 0.15) is 54.5 Å². The minimum Gasteiger partial charge on any atom is -0.494 e. The first-order valence-corrected chi connectivity index (χ1v) is 9.38. The normalized spacial score (nSPS) is 18.0. The van der Waals surface area contributed by atoms with Gasteiger partial charge in [0.05, 0.1) is 30.6 Å². The Morgan fingerprint density at radius 2 is 2.00 bits per heavy atom. The zero-order valence-electron chi connectivity index (χ0n) is 15.2. The molecule has 5 nitrogen and oxygen atoms in total. The Bertz CT molecular complexity index is 767. The van der Waals surface area contributed by atoms with Crippen LogP contribution in [0.15, 0.2) is 18.2 Å². The second kappa shape index (κ2) is 6.81. The molecule has 1 atom stereocenters. The minimum atomic E-state index is -0.507. The lowest BCUT2D eigenvalue weighted by atomic mass is 10.0. The average Bonchev–Trinajstić information content (AvgIpc) is 3.21. The third-order valence-corrected chi connectivity index (χ3v) is 5.29. The molecule has 0 bridgehead atoms. The Morgan fingerprint density at radius 3 is 2.76 bits per heavy atom. The molecule has 1 aromatic heterocycles. The summed E-state index contributed by atoms with van der Waals surface area (Å²) >= 11 is 0. The first-order valence-electron chi connectivity index (χ1n) is 9.38. The van der Waals surface area contributed by atoms with Crippen LogP contribution in [-0.2, 0) is 32.5 Å². The third-order valence-electron chi connectivity index (χ3n) is 5.29.